The van der Waals surface area contributed by atoms with E-state index in [9.17, 15) is 18.7 Å². The molecule has 1 aliphatic rings. The summed E-state index contributed by atoms with van der Waals surface area (Å²) in [6, 6.07) is 1.92. The summed E-state index contributed by atoms with van der Waals surface area (Å²) < 4.78 is 39.2. The molecule has 3 N–H and O–H groups in total. The molecule has 0 bridgehead atoms. The Hall–Kier alpha value is -3.71. The van der Waals surface area contributed by atoms with Gasteiger partial charge >= 0.3 is 0 Å². The van der Waals surface area contributed by atoms with Crippen LogP contribution in [0.2, 0.25) is 0 Å². The van der Waals surface area contributed by atoms with E-state index >= 15 is 0 Å². The monoisotopic (exact) mass is 532 g/mol. The van der Waals surface area contributed by atoms with Crippen molar-refractivity contribution in [3.8, 4) is 17.1 Å². The lowest BCUT2D eigenvalue weighted by Crippen LogP contribution is -2.35. The highest BCUT2D eigenvalue weighted by atomic mass is 19.1. The maximum Gasteiger partial charge on any atom is 0.257 e. The number of carbonyl (C=O) groups excluding carboxylic acids is 1. The van der Waals surface area contributed by atoms with Crippen molar-refractivity contribution in [1.82, 2.24) is 25.4 Å². The lowest BCUT2D eigenvalue weighted by molar-refractivity contribution is 0.0796. The zero-order valence-corrected chi connectivity index (χ0v) is 20.9. The van der Waals surface area contributed by atoms with Crippen LogP contribution in [0.3, 0.4) is 0 Å². The fourth-order valence-corrected chi connectivity index (χ4v) is 4.21. The minimum Gasteiger partial charge on any atom is -0.493 e. The topological polar surface area (TPSA) is 147 Å². The van der Waals surface area contributed by atoms with Gasteiger partial charge in [0.1, 0.15) is 22.9 Å². The molecule has 2 aromatic heterocycles. The summed E-state index contributed by atoms with van der Waals surface area (Å²) in [5.41, 5.74) is -0.0752. The maximum absolute atomic E-state index is 14.3. The number of aliphatic hydroxyl groups is 2. The quantitative estimate of drug-likeness (QED) is 0.314. The highest BCUT2D eigenvalue weighted by Crippen LogP contribution is 2.26. The summed E-state index contributed by atoms with van der Waals surface area (Å²) in [5, 5.41) is 24.1. The van der Waals surface area contributed by atoms with Gasteiger partial charge in [0.15, 0.2) is 0 Å². The number of aliphatic hydroxyl groups excluding tert-OH is 2. The summed E-state index contributed by atoms with van der Waals surface area (Å²) in [5.74, 6) is -1.07. The number of anilines is 1. The van der Waals surface area contributed by atoms with Crippen molar-refractivity contribution in [2.45, 2.75) is 38.7 Å². The van der Waals surface area contributed by atoms with E-state index < -0.39 is 35.8 Å². The number of rotatable bonds is 11. The van der Waals surface area contributed by atoms with Crippen molar-refractivity contribution >= 4 is 11.9 Å². The molecule has 3 heterocycles. The van der Waals surface area contributed by atoms with E-state index in [0.717, 1.165) is 44.5 Å². The third kappa shape index (κ3) is 6.98. The second kappa shape index (κ2) is 12.7. The van der Waals surface area contributed by atoms with E-state index in [2.05, 4.69) is 30.3 Å². The first-order valence-electron chi connectivity index (χ1n) is 12.4. The Labute approximate surface area is 217 Å². The molecule has 0 spiro atoms. The van der Waals surface area contributed by atoms with Crippen molar-refractivity contribution in [3.05, 3.63) is 47.6 Å². The highest BCUT2D eigenvalue weighted by Gasteiger charge is 2.22. The largest absolute Gasteiger partial charge is 0.493 e. The molecule has 1 aliphatic heterocycles. The molecule has 38 heavy (non-hydrogen) atoms. The van der Waals surface area contributed by atoms with Gasteiger partial charge in [-0.3, -0.25) is 4.79 Å². The number of halogens is 2. The summed E-state index contributed by atoms with van der Waals surface area (Å²) >= 11 is 0. The van der Waals surface area contributed by atoms with E-state index in [-0.39, 0.29) is 18.9 Å². The summed E-state index contributed by atoms with van der Waals surface area (Å²) in [7, 11) is 0. The molecule has 11 nitrogen and oxygen atoms in total. The van der Waals surface area contributed by atoms with Gasteiger partial charge in [0.2, 0.25) is 17.7 Å². The van der Waals surface area contributed by atoms with Gasteiger partial charge in [-0.15, -0.1) is 0 Å². The van der Waals surface area contributed by atoms with Crippen LogP contribution in [0.4, 0.5) is 14.7 Å². The van der Waals surface area contributed by atoms with Crippen LogP contribution in [-0.2, 0) is 0 Å². The number of carbonyl (C=O) groups is 1. The Morgan fingerprint density at radius 3 is 2.53 bits per heavy atom. The summed E-state index contributed by atoms with van der Waals surface area (Å²) in [6.45, 7) is 2.74. The first-order valence-corrected chi connectivity index (χ1v) is 12.4. The molecule has 0 saturated carbocycles. The second-order valence-electron chi connectivity index (χ2n) is 9.14. The van der Waals surface area contributed by atoms with E-state index in [1.807, 2.05) is 0 Å². The third-order valence-corrected chi connectivity index (χ3v) is 6.30. The first-order chi connectivity index (χ1) is 18.3. The maximum atomic E-state index is 14.3. The molecular formula is C25H30F2N6O5. The van der Waals surface area contributed by atoms with Gasteiger partial charge in [-0.1, -0.05) is 5.16 Å². The molecule has 13 heteroatoms. The molecule has 1 unspecified atom stereocenters. The molecule has 3 aromatic rings. The SMILES string of the molecule is Cc1nc(-c2cnc(N3CCC(CCCOc4cc(F)c(C(=O)NCC(O)CO)c(F)c4)CC3)nc2)no1. The first kappa shape index (κ1) is 27.3. The van der Waals surface area contributed by atoms with Gasteiger partial charge in [0.05, 0.1) is 24.9 Å². The fraction of sp³-hybridized carbons (Fsp3) is 0.480. The number of nitrogens with zero attached hydrogens (tertiary/aromatic N) is 5. The number of hydrogen-bond acceptors (Lipinski definition) is 10. The van der Waals surface area contributed by atoms with Crippen LogP contribution >= 0.6 is 0 Å². The molecule has 0 radical (unpaired) electrons. The van der Waals surface area contributed by atoms with Crippen LogP contribution in [-0.4, -0.2) is 75.2 Å². The van der Waals surface area contributed by atoms with Crippen molar-refractivity contribution in [3.63, 3.8) is 0 Å². The smallest absolute Gasteiger partial charge is 0.257 e. The molecule has 4 rings (SSSR count). The number of amides is 1. The Balaban J connectivity index is 1.19. The predicted molar refractivity (Wildman–Crippen MR) is 132 cm³/mol. The number of aryl methyl sites for hydroxylation is 1. The molecule has 1 fully saturated rings. The molecule has 1 amide bonds. The number of piperidine rings is 1. The van der Waals surface area contributed by atoms with Gasteiger partial charge in [0, 0.05) is 51.1 Å². The fourth-order valence-electron chi connectivity index (χ4n) is 4.21. The second-order valence-corrected chi connectivity index (χ2v) is 9.14. The van der Waals surface area contributed by atoms with Gasteiger partial charge < -0.3 is 29.7 Å². The van der Waals surface area contributed by atoms with Crippen LogP contribution in [0.1, 0.15) is 41.9 Å². The van der Waals surface area contributed by atoms with Crippen molar-refractivity contribution < 1.29 is 33.0 Å². The van der Waals surface area contributed by atoms with Gasteiger partial charge in [-0.25, -0.2) is 18.7 Å². The number of ether oxygens (including phenoxy) is 1. The Morgan fingerprint density at radius 1 is 1.24 bits per heavy atom. The van der Waals surface area contributed by atoms with Crippen LogP contribution in [0.25, 0.3) is 11.4 Å². The Bertz CT molecular complexity index is 1190. The lowest BCUT2D eigenvalue weighted by Gasteiger charge is -2.32. The number of nitrogens with one attached hydrogen (secondary N) is 1. The van der Waals surface area contributed by atoms with E-state index in [0.29, 0.717) is 35.6 Å². The third-order valence-electron chi connectivity index (χ3n) is 6.30. The number of benzene rings is 1. The normalized spacial score (nSPS) is 14.9. The molecule has 204 valence electrons. The van der Waals surface area contributed by atoms with E-state index in [1.165, 1.54) is 0 Å². The molecule has 1 saturated heterocycles. The number of aromatic nitrogens is 4. The average Bonchev–Trinajstić information content (AvgIpc) is 3.36. The zero-order valence-electron chi connectivity index (χ0n) is 20.9. The van der Waals surface area contributed by atoms with Crippen LogP contribution in [0.5, 0.6) is 5.75 Å². The molecular weight excluding hydrogens is 502 g/mol. The van der Waals surface area contributed by atoms with Crippen LogP contribution in [0.15, 0.2) is 29.0 Å². The standard InChI is InChI=1S/C25H30F2N6O5/c1-15-31-23(32-38-15)17-11-29-25(30-12-17)33-6-4-16(5-7-33)3-2-8-37-19-9-20(26)22(21(27)10-19)24(36)28-13-18(35)14-34/h9-12,16,18,34-35H,2-8,13-14H2,1H3,(H,28,36). The minimum absolute atomic E-state index is 0.00154. The lowest BCUT2D eigenvalue weighted by atomic mass is 9.92. The highest BCUT2D eigenvalue weighted by molar-refractivity contribution is 5.94. The van der Waals surface area contributed by atoms with Gasteiger partial charge in [0.25, 0.3) is 5.91 Å². The zero-order chi connectivity index (χ0) is 27.1. The molecule has 1 atom stereocenters. The predicted octanol–water partition coefficient (Wildman–Crippen LogP) is 2.27. The Morgan fingerprint density at radius 2 is 1.92 bits per heavy atom. The minimum atomic E-state index is -1.21. The van der Waals surface area contributed by atoms with E-state index in [4.69, 9.17) is 14.4 Å². The van der Waals surface area contributed by atoms with Crippen molar-refractivity contribution in [2.24, 2.45) is 5.92 Å². The molecule has 0 aliphatic carbocycles. The average molecular weight is 533 g/mol. The Kier molecular flexibility index (Phi) is 9.13. The van der Waals surface area contributed by atoms with Gasteiger partial charge in [-0.05, 0) is 31.6 Å². The van der Waals surface area contributed by atoms with Crippen LogP contribution < -0.4 is 15.0 Å². The summed E-state index contributed by atoms with van der Waals surface area (Å²) in [4.78, 5) is 27.2. The van der Waals surface area contributed by atoms with Crippen molar-refractivity contribution in [1.29, 1.82) is 0 Å². The molecule has 1 aromatic carbocycles. The van der Waals surface area contributed by atoms with Gasteiger partial charge in [-0.2, -0.15) is 4.98 Å². The van der Waals surface area contributed by atoms with Crippen molar-refractivity contribution in [2.75, 3.05) is 37.7 Å². The van der Waals surface area contributed by atoms with E-state index in [1.54, 1.807) is 19.3 Å². The van der Waals surface area contributed by atoms with Crippen LogP contribution in [0, 0.1) is 24.5 Å². The summed E-state index contributed by atoms with van der Waals surface area (Å²) in [6.07, 6.45) is 5.70. The number of hydrogen-bond donors (Lipinski definition) is 3.